The van der Waals surface area contributed by atoms with Crippen molar-refractivity contribution < 1.29 is 9.47 Å². The largest absolute Gasteiger partial charge is 0.348 e. The van der Waals surface area contributed by atoms with Crippen LogP contribution in [0.4, 0.5) is 0 Å². The summed E-state index contributed by atoms with van der Waals surface area (Å²) in [4.78, 5) is 0. The second-order valence-electron chi connectivity index (χ2n) is 7.30. The molecule has 22 heavy (non-hydrogen) atoms. The van der Waals surface area contributed by atoms with E-state index in [0.29, 0.717) is 0 Å². The predicted octanol–water partition coefficient (Wildman–Crippen LogP) is 6.03. The lowest BCUT2D eigenvalue weighted by molar-refractivity contribution is -0.145. The van der Waals surface area contributed by atoms with Crippen molar-refractivity contribution in [1.82, 2.24) is 0 Å². The molecular weight excluding hydrogens is 272 g/mol. The molecule has 0 unspecified atom stereocenters. The van der Waals surface area contributed by atoms with Crippen LogP contribution < -0.4 is 0 Å². The summed E-state index contributed by atoms with van der Waals surface area (Å²) < 4.78 is 11.3. The summed E-state index contributed by atoms with van der Waals surface area (Å²) in [5.41, 5.74) is 3.03. The molecule has 1 saturated heterocycles. The van der Waals surface area contributed by atoms with Crippen molar-refractivity contribution in [3.05, 3.63) is 23.3 Å². The summed E-state index contributed by atoms with van der Waals surface area (Å²) in [5.74, 6) is 0.483. The number of allylic oxidation sites excluding steroid dienone is 4. The van der Waals surface area contributed by atoms with E-state index in [1.807, 2.05) is 6.92 Å². The van der Waals surface area contributed by atoms with Crippen LogP contribution in [0.5, 0.6) is 0 Å². The average molecular weight is 309 g/mol. The zero-order valence-corrected chi connectivity index (χ0v) is 15.4. The van der Waals surface area contributed by atoms with Gasteiger partial charge >= 0.3 is 0 Å². The molecule has 128 valence electrons. The molecule has 1 heterocycles. The molecule has 2 nitrogen and oxygen atoms in total. The van der Waals surface area contributed by atoms with E-state index >= 15 is 0 Å². The van der Waals surface area contributed by atoms with Gasteiger partial charge in [-0.15, -0.1) is 0 Å². The fourth-order valence-corrected chi connectivity index (χ4v) is 2.82. The van der Waals surface area contributed by atoms with Crippen molar-refractivity contribution in [2.75, 3.05) is 13.2 Å². The number of hydrogen-bond donors (Lipinski definition) is 0. The molecule has 1 rings (SSSR count). The molecule has 0 aliphatic carbocycles. The fourth-order valence-electron chi connectivity index (χ4n) is 2.82. The zero-order chi connectivity index (χ0) is 16.4. The van der Waals surface area contributed by atoms with Gasteiger partial charge in [-0.25, -0.2) is 0 Å². The van der Waals surface area contributed by atoms with E-state index in [1.54, 1.807) is 5.57 Å². The topological polar surface area (TPSA) is 18.5 Å². The van der Waals surface area contributed by atoms with Gasteiger partial charge in [0.2, 0.25) is 0 Å². The van der Waals surface area contributed by atoms with Crippen molar-refractivity contribution in [2.24, 2.45) is 5.92 Å². The molecule has 0 aromatic carbocycles. The minimum Gasteiger partial charge on any atom is -0.348 e. The van der Waals surface area contributed by atoms with Crippen LogP contribution >= 0.6 is 0 Å². The van der Waals surface area contributed by atoms with E-state index in [0.717, 1.165) is 32.0 Å². The Morgan fingerprint density at radius 1 is 1.00 bits per heavy atom. The van der Waals surface area contributed by atoms with E-state index in [4.69, 9.17) is 9.47 Å². The van der Waals surface area contributed by atoms with Crippen LogP contribution in [0, 0.1) is 5.92 Å². The Kier molecular flexibility index (Phi) is 9.04. The first-order valence-corrected chi connectivity index (χ1v) is 9.00. The van der Waals surface area contributed by atoms with Gasteiger partial charge in [-0.05, 0) is 58.8 Å². The molecule has 0 spiro atoms. The van der Waals surface area contributed by atoms with Crippen molar-refractivity contribution in [3.63, 3.8) is 0 Å². The third-order valence-electron chi connectivity index (χ3n) is 4.37. The Labute approximate surface area is 138 Å². The van der Waals surface area contributed by atoms with E-state index in [-0.39, 0.29) is 5.79 Å². The maximum Gasteiger partial charge on any atom is 0.166 e. The van der Waals surface area contributed by atoms with Crippen molar-refractivity contribution in [3.8, 4) is 0 Å². The van der Waals surface area contributed by atoms with Crippen molar-refractivity contribution in [1.29, 1.82) is 0 Å². The summed E-state index contributed by atoms with van der Waals surface area (Å²) in [6.07, 6.45) is 13.0. The minimum atomic E-state index is -0.344. The highest BCUT2D eigenvalue weighted by molar-refractivity contribution is 5.03. The monoisotopic (exact) mass is 308 g/mol. The van der Waals surface area contributed by atoms with E-state index < -0.39 is 0 Å². The lowest BCUT2D eigenvalue weighted by atomic mass is 10.0. The quantitative estimate of drug-likeness (QED) is 0.459. The molecule has 0 bridgehead atoms. The van der Waals surface area contributed by atoms with Crippen LogP contribution in [0.25, 0.3) is 0 Å². The highest BCUT2D eigenvalue weighted by atomic mass is 16.7. The SMILES string of the molecule is C/C(=C/CCC1(C)OCCO1)CC/C=C(/C)CCCC(C)C. The maximum atomic E-state index is 5.63. The molecule has 0 aromatic rings. The molecule has 0 radical (unpaired) electrons. The van der Waals surface area contributed by atoms with E-state index in [1.165, 1.54) is 37.7 Å². The average Bonchev–Trinajstić information content (AvgIpc) is 2.85. The molecule has 0 N–H and O–H groups in total. The van der Waals surface area contributed by atoms with Crippen LogP contribution in [0.1, 0.15) is 79.6 Å². The number of ether oxygens (including phenoxy) is 2. The van der Waals surface area contributed by atoms with Crippen LogP contribution in [-0.4, -0.2) is 19.0 Å². The minimum absolute atomic E-state index is 0.344. The first-order chi connectivity index (χ1) is 10.4. The van der Waals surface area contributed by atoms with Gasteiger partial charge in [-0.3, -0.25) is 0 Å². The van der Waals surface area contributed by atoms with Crippen LogP contribution in [0.15, 0.2) is 23.3 Å². The number of rotatable bonds is 10. The lowest BCUT2D eigenvalue weighted by Gasteiger charge is -2.21. The second-order valence-corrected chi connectivity index (χ2v) is 7.30. The highest BCUT2D eigenvalue weighted by Gasteiger charge is 2.29. The molecule has 0 atom stereocenters. The van der Waals surface area contributed by atoms with Crippen molar-refractivity contribution >= 4 is 0 Å². The molecule has 1 fully saturated rings. The van der Waals surface area contributed by atoms with E-state index in [9.17, 15) is 0 Å². The summed E-state index contributed by atoms with van der Waals surface area (Å²) in [6.45, 7) is 12.6. The number of hydrogen-bond acceptors (Lipinski definition) is 2. The Hall–Kier alpha value is -0.600. The van der Waals surface area contributed by atoms with Gasteiger partial charge in [0.1, 0.15) is 0 Å². The fraction of sp³-hybridized carbons (Fsp3) is 0.800. The van der Waals surface area contributed by atoms with Gasteiger partial charge < -0.3 is 9.47 Å². The molecule has 0 saturated carbocycles. The summed E-state index contributed by atoms with van der Waals surface area (Å²) >= 11 is 0. The molecular formula is C20H36O2. The van der Waals surface area contributed by atoms with Crippen LogP contribution in [0.2, 0.25) is 0 Å². The zero-order valence-electron chi connectivity index (χ0n) is 15.4. The van der Waals surface area contributed by atoms with Gasteiger partial charge in [0, 0.05) is 6.42 Å². The summed E-state index contributed by atoms with van der Waals surface area (Å²) in [7, 11) is 0. The lowest BCUT2D eigenvalue weighted by Crippen LogP contribution is -2.24. The van der Waals surface area contributed by atoms with Crippen LogP contribution in [-0.2, 0) is 9.47 Å². The normalized spacial score (nSPS) is 19.2. The standard InChI is InChI=1S/C20H36O2/c1-17(2)9-6-10-18(3)11-7-12-19(4)13-8-14-20(5)21-15-16-22-20/h11,13,17H,6-10,12,14-16H2,1-5H3/b18-11-,19-13-. The third kappa shape index (κ3) is 8.75. The first kappa shape index (κ1) is 19.4. The molecule has 1 aliphatic rings. The van der Waals surface area contributed by atoms with Gasteiger partial charge in [0.15, 0.2) is 5.79 Å². The molecule has 0 aromatic heterocycles. The Balaban J connectivity index is 2.15. The maximum absolute atomic E-state index is 5.63. The Morgan fingerprint density at radius 2 is 1.59 bits per heavy atom. The van der Waals surface area contributed by atoms with Crippen LogP contribution in [0.3, 0.4) is 0 Å². The Morgan fingerprint density at radius 3 is 2.23 bits per heavy atom. The first-order valence-electron chi connectivity index (χ1n) is 9.00. The summed E-state index contributed by atoms with van der Waals surface area (Å²) in [5, 5.41) is 0. The smallest absolute Gasteiger partial charge is 0.166 e. The summed E-state index contributed by atoms with van der Waals surface area (Å²) in [6, 6.07) is 0. The Bertz CT molecular complexity index is 360. The van der Waals surface area contributed by atoms with Gasteiger partial charge in [0.25, 0.3) is 0 Å². The molecule has 1 aliphatic heterocycles. The third-order valence-corrected chi connectivity index (χ3v) is 4.37. The molecule has 0 amide bonds. The second kappa shape index (κ2) is 10.2. The predicted molar refractivity (Wildman–Crippen MR) is 95.0 cm³/mol. The van der Waals surface area contributed by atoms with Crippen molar-refractivity contribution in [2.45, 2.75) is 85.4 Å². The van der Waals surface area contributed by atoms with Gasteiger partial charge in [0.05, 0.1) is 13.2 Å². The highest BCUT2D eigenvalue weighted by Crippen LogP contribution is 2.24. The molecule has 2 heteroatoms. The van der Waals surface area contributed by atoms with Gasteiger partial charge in [-0.1, -0.05) is 43.6 Å². The van der Waals surface area contributed by atoms with E-state index in [2.05, 4.69) is 39.8 Å². The van der Waals surface area contributed by atoms with Gasteiger partial charge in [-0.2, -0.15) is 0 Å².